The number of carbonyl (C=O) groups is 1. The number of hydrogen-bond donors (Lipinski definition) is 2. The first-order valence-electron chi connectivity index (χ1n) is 8.23. The van der Waals surface area contributed by atoms with E-state index in [1.165, 1.54) is 19.3 Å². The van der Waals surface area contributed by atoms with Crippen LogP contribution in [0, 0.1) is 0 Å². The summed E-state index contributed by atoms with van der Waals surface area (Å²) in [6, 6.07) is 5.23. The number of hydrogen-bond acceptors (Lipinski definition) is 4. The molecule has 1 aliphatic rings. The minimum atomic E-state index is -0.0894. The fraction of sp³-hybridized carbons (Fsp3) is 0.588. The molecule has 0 atom stereocenters. The maximum atomic E-state index is 11.9. The molecule has 122 valence electrons. The summed E-state index contributed by atoms with van der Waals surface area (Å²) in [5.41, 5.74) is 7.08. The van der Waals surface area contributed by atoms with Crippen LogP contribution in [0.25, 0.3) is 0 Å². The van der Waals surface area contributed by atoms with Gasteiger partial charge in [0.2, 0.25) is 0 Å². The lowest BCUT2D eigenvalue weighted by molar-refractivity contribution is 0.0953. The maximum absolute atomic E-state index is 11.9. The molecule has 0 aromatic heterocycles. The second-order valence-electron chi connectivity index (χ2n) is 5.76. The average molecular weight is 305 g/mol. The van der Waals surface area contributed by atoms with Gasteiger partial charge in [0.15, 0.2) is 0 Å². The van der Waals surface area contributed by atoms with E-state index in [0.29, 0.717) is 30.2 Å². The van der Waals surface area contributed by atoms with Gasteiger partial charge in [-0.05, 0) is 50.6 Å². The van der Waals surface area contributed by atoms with Gasteiger partial charge >= 0.3 is 0 Å². The number of nitrogens with zero attached hydrogens (tertiary/aromatic N) is 1. The molecule has 1 fully saturated rings. The van der Waals surface area contributed by atoms with Crippen molar-refractivity contribution in [3.05, 3.63) is 23.8 Å². The summed E-state index contributed by atoms with van der Waals surface area (Å²) >= 11 is 0. The first kappa shape index (κ1) is 16.6. The van der Waals surface area contributed by atoms with Gasteiger partial charge in [-0.3, -0.25) is 9.69 Å². The zero-order valence-electron chi connectivity index (χ0n) is 13.4. The van der Waals surface area contributed by atoms with Gasteiger partial charge in [0, 0.05) is 18.7 Å². The minimum absolute atomic E-state index is 0.0894. The van der Waals surface area contributed by atoms with Crippen LogP contribution >= 0.6 is 0 Å². The summed E-state index contributed by atoms with van der Waals surface area (Å²) in [6.45, 7) is 6.58. The number of piperidine rings is 1. The molecule has 0 radical (unpaired) electrons. The number of nitrogens with two attached hydrogens (primary N) is 1. The Kier molecular flexibility index (Phi) is 6.52. The van der Waals surface area contributed by atoms with E-state index in [2.05, 4.69) is 10.2 Å². The minimum Gasteiger partial charge on any atom is -0.490 e. The molecule has 5 nitrogen and oxygen atoms in total. The van der Waals surface area contributed by atoms with Crippen LogP contribution in [0.2, 0.25) is 0 Å². The SMILES string of the molecule is CCCNC(=O)c1ccc(OCCN2CCCCC2)c(N)c1. The Hall–Kier alpha value is -1.75. The second kappa shape index (κ2) is 8.63. The molecule has 1 saturated heterocycles. The molecule has 2 rings (SSSR count). The summed E-state index contributed by atoms with van der Waals surface area (Å²) in [7, 11) is 0. The Labute approximate surface area is 132 Å². The molecule has 0 aliphatic carbocycles. The van der Waals surface area contributed by atoms with E-state index in [4.69, 9.17) is 10.5 Å². The number of amides is 1. The molecule has 0 unspecified atom stereocenters. The van der Waals surface area contributed by atoms with Crippen molar-refractivity contribution >= 4 is 11.6 Å². The molecule has 1 heterocycles. The number of ether oxygens (including phenoxy) is 1. The molecule has 1 aliphatic heterocycles. The smallest absolute Gasteiger partial charge is 0.251 e. The quantitative estimate of drug-likeness (QED) is 0.758. The van der Waals surface area contributed by atoms with E-state index in [-0.39, 0.29) is 5.91 Å². The molecular formula is C17H27N3O2. The van der Waals surface area contributed by atoms with Crippen molar-refractivity contribution in [1.82, 2.24) is 10.2 Å². The van der Waals surface area contributed by atoms with E-state index in [1.807, 2.05) is 6.92 Å². The average Bonchev–Trinajstić information content (AvgIpc) is 2.55. The molecule has 0 bridgehead atoms. The van der Waals surface area contributed by atoms with Crippen molar-refractivity contribution in [1.29, 1.82) is 0 Å². The predicted molar refractivity (Wildman–Crippen MR) is 89.3 cm³/mol. The predicted octanol–water partition coefficient (Wildman–Crippen LogP) is 2.27. The first-order chi connectivity index (χ1) is 10.7. The molecule has 1 amide bonds. The van der Waals surface area contributed by atoms with Gasteiger partial charge in [-0.1, -0.05) is 13.3 Å². The molecule has 5 heteroatoms. The van der Waals surface area contributed by atoms with Crippen LogP contribution in [-0.4, -0.2) is 43.6 Å². The highest BCUT2D eigenvalue weighted by atomic mass is 16.5. The lowest BCUT2D eigenvalue weighted by Gasteiger charge is -2.26. The lowest BCUT2D eigenvalue weighted by Crippen LogP contribution is -2.33. The largest absolute Gasteiger partial charge is 0.490 e. The normalized spacial score (nSPS) is 15.5. The van der Waals surface area contributed by atoms with Gasteiger partial charge < -0.3 is 15.8 Å². The highest BCUT2D eigenvalue weighted by molar-refractivity contribution is 5.95. The van der Waals surface area contributed by atoms with E-state index in [0.717, 1.165) is 26.1 Å². The molecule has 1 aromatic carbocycles. The van der Waals surface area contributed by atoms with Gasteiger partial charge in [0.05, 0.1) is 5.69 Å². The van der Waals surface area contributed by atoms with Crippen LogP contribution in [-0.2, 0) is 0 Å². The maximum Gasteiger partial charge on any atom is 0.251 e. The van der Waals surface area contributed by atoms with Crippen molar-refractivity contribution in [2.75, 3.05) is 38.5 Å². The molecule has 3 N–H and O–H groups in total. The number of nitrogens with one attached hydrogen (secondary N) is 1. The molecule has 0 spiro atoms. The Morgan fingerprint density at radius 3 is 2.77 bits per heavy atom. The highest BCUT2D eigenvalue weighted by Crippen LogP contribution is 2.22. The van der Waals surface area contributed by atoms with Crippen molar-refractivity contribution in [2.45, 2.75) is 32.6 Å². The monoisotopic (exact) mass is 305 g/mol. The van der Waals surface area contributed by atoms with Gasteiger partial charge in [0.25, 0.3) is 5.91 Å². The zero-order chi connectivity index (χ0) is 15.8. The van der Waals surface area contributed by atoms with Crippen molar-refractivity contribution in [2.24, 2.45) is 0 Å². The standard InChI is InChI=1S/C17H27N3O2/c1-2-8-19-17(21)14-6-7-16(15(18)13-14)22-12-11-20-9-4-3-5-10-20/h6-7,13H,2-5,8-12,18H2,1H3,(H,19,21). The molecular weight excluding hydrogens is 278 g/mol. The number of benzene rings is 1. The number of anilines is 1. The summed E-state index contributed by atoms with van der Waals surface area (Å²) in [5, 5.41) is 2.84. The van der Waals surface area contributed by atoms with E-state index in [1.54, 1.807) is 18.2 Å². The third-order valence-electron chi connectivity index (χ3n) is 3.92. The van der Waals surface area contributed by atoms with Gasteiger partial charge in [-0.25, -0.2) is 0 Å². The van der Waals surface area contributed by atoms with E-state index >= 15 is 0 Å². The zero-order valence-corrected chi connectivity index (χ0v) is 13.4. The second-order valence-corrected chi connectivity index (χ2v) is 5.76. The van der Waals surface area contributed by atoms with Crippen LogP contribution in [0.3, 0.4) is 0 Å². The van der Waals surface area contributed by atoms with Crippen LogP contribution < -0.4 is 15.8 Å². The molecule has 0 saturated carbocycles. The summed E-state index contributed by atoms with van der Waals surface area (Å²) in [4.78, 5) is 14.3. The summed E-state index contributed by atoms with van der Waals surface area (Å²) in [6.07, 6.45) is 4.82. The highest BCUT2D eigenvalue weighted by Gasteiger charge is 2.11. The van der Waals surface area contributed by atoms with Crippen LogP contribution in [0.1, 0.15) is 43.0 Å². The Balaban J connectivity index is 1.82. The van der Waals surface area contributed by atoms with Crippen LogP contribution in [0.15, 0.2) is 18.2 Å². The summed E-state index contributed by atoms with van der Waals surface area (Å²) in [5.74, 6) is 0.567. The number of rotatable bonds is 7. The van der Waals surface area contributed by atoms with Crippen LogP contribution in [0.5, 0.6) is 5.75 Å². The Bertz CT molecular complexity index is 485. The van der Waals surface area contributed by atoms with Crippen molar-refractivity contribution < 1.29 is 9.53 Å². The third kappa shape index (κ3) is 4.91. The van der Waals surface area contributed by atoms with Crippen LogP contribution in [0.4, 0.5) is 5.69 Å². The van der Waals surface area contributed by atoms with Gasteiger partial charge in [-0.15, -0.1) is 0 Å². The third-order valence-corrected chi connectivity index (χ3v) is 3.92. The fourth-order valence-corrected chi connectivity index (χ4v) is 2.63. The Morgan fingerprint density at radius 1 is 1.32 bits per heavy atom. The van der Waals surface area contributed by atoms with Crippen molar-refractivity contribution in [3.63, 3.8) is 0 Å². The van der Waals surface area contributed by atoms with E-state index in [9.17, 15) is 4.79 Å². The Morgan fingerprint density at radius 2 is 2.09 bits per heavy atom. The lowest BCUT2D eigenvalue weighted by atomic mass is 10.1. The summed E-state index contributed by atoms with van der Waals surface area (Å²) < 4.78 is 5.76. The number of likely N-dealkylation sites (tertiary alicyclic amines) is 1. The van der Waals surface area contributed by atoms with Gasteiger partial charge in [0.1, 0.15) is 12.4 Å². The molecule has 22 heavy (non-hydrogen) atoms. The fourth-order valence-electron chi connectivity index (χ4n) is 2.63. The number of carbonyl (C=O) groups excluding carboxylic acids is 1. The number of nitrogen functional groups attached to an aromatic ring is 1. The topological polar surface area (TPSA) is 67.6 Å². The van der Waals surface area contributed by atoms with Crippen molar-refractivity contribution in [3.8, 4) is 5.75 Å². The molecule has 1 aromatic rings. The first-order valence-corrected chi connectivity index (χ1v) is 8.23. The van der Waals surface area contributed by atoms with E-state index < -0.39 is 0 Å². The van der Waals surface area contributed by atoms with Gasteiger partial charge in [-0.2, -0.15) is 0 Å².